The summed E-state index contributed by atoms with van der Waals surface area (Å²) in [6.45, 7) is 6.73. The van der Waals surface area contributed by atoms with Crippen LogP contribution < -0.4 is 0 Å². The highest BCUT2D eigenvalue weighted by Crippen LogP contribution is 2.06. The number of ketones is 2. The highest BCUT2D eigenvalue weighted by molar-refractivity contribution is 5.89. The maximum atomic E-state index is 10.7. The zero-order valence-corrected chi connectivity index (χ0v) is 7.09. The molecule has 1 atom stereocenters. The monoisotopic (exact) mass is 154 g/mol. The maximum Gasteiger partial charge on any atom is 0.155 e. The van der Waals surface area contributed by atoms with Crippen molar-refractivity contribution in [3.63, 3.8) is 0 Å². The Bertz CT molecular complexity index is 170. The summed E-state index contributed by atoms with van der Waals surface area (Å²) in [6.07, 6.45) is 2.37. The van der Waals surface area contributed by atoms with Crippen LogP contribution >= 0.6 is 0 Å². The molecule has 0 N–H and O–H groups in total. The maximum absolute atomic E-state index is 10.7. The van der Waals surface area contributed by atoms with Crippen molar-refractivity contribution in [1.29, 1.82) is 0 Å². The second kappa shape index (κ2) is 4.83. The largest absolute Gasteiger partial charge is 0.300 e. The molecular formula is C9H14O2. The minimum absolute atomic E-state index is 0.00102. The summed E-state index contributed by atoms with van der Waals surface area (Å²) in [5.74, 6) is 0.152. The minimum atomic E-state index is -0.00102. The molecule has 0 fully saturated rings. The molecule has 2 nitrogen and oxygen atoms in total. The molecule has 0 radical (unpaired) electrons. The van der Waals surface area contributed by atoms with Gasteiger partial charge in [0.2, 0.25) is 0 Å². The number of Topliss-reactive ketones (excluding diaryl/α,β-unsaturated/α-hetero) is 1. The smallest absolute Gasteiger partial charge is 0.155 e. The summed E-state index contributed by atoms with van der Waals surface area (Å²) in [5.41, 5.74) is 0. The van der Waals surface area contributed by atoms with Crippen LogP contribution in [-0.2, 0) is 9.59 Å². The summed E-state index contributed by atoms with van der Waals surface area (Å²) >= 11 is 0. The Labute approximate surface area is 67.3 Å². The molecule has 0 aliphatic heterocycles. The van der Waals surface area contributed by atoms with E-state index in [1.54, 1.807) is 6.92 Å². The molecule has 2 heteroatoms. The third-order valence-corrected chi connectivity index (χ3v) is 1.75. The zero-order chi connectivity index (χ0) is 8.85. The fourth-order valence-electron chi connectivity index (χ4n) is 0.664. The topological polar surface area (TPSA) is 34.1 Å². The SMILES string of the molecule is C=CC(=O)CCC(C)C(C)=O. The Morgan fingerprint density at radius 1 is 1.55 bits per heavy atom. The Kier molecular flexibility index (Phi) is 4.42. The number of hydrogen-bond donors (Lipinski definition) is 0. The lowest BCUT2D eigenvalue weighted by molar-refractivity contribution is -0.120. The first-order valence-corrected chi connectivity index (χ1v) is 3.73. The number of carbonyl (C=O) groups excluding carboxylic acids is 2. The van der Waals surface area contributed by atoms with Crippen molar-refractivity contribution in [3.05, 3.63) is 12.7 Å². The van der Waals surface area contributed by atoms with Crippen molar-refractivity contribution in [1.82, 2.24) is 0 Å². The van der Waals surface area contributed by atoms with E-state index >= 15 is 0 Å². The van der Waals surface area contributed by atoms with Crippen molar-refractivity contribution in [2.45, 2.75) is 26.7 Å². The van der Waals surface area contributed by atoms with Crippen molar-refractivity contribution in [2.75, 3.05) is 0 Å². The average molecular weight is 154 g/mol. The van der Waals surface area contributed by atoms with Gasteiger partial charge in [-0.2, -0.15) is 0 Å². The van der Waals surface area contributed by atoms with Gasteiger partial charge < -0.3 is 0 Å². The molecule has 0 aliphatic rings. The average Bonchev–Trinajstić information content (AvgIpc) is 1.99. The van der Waals surface area contributed by atoms with Gasteiger partial charge in [0, 0.05) is 12.3 Å². The number of hydrogen-bond acceptors (Lipinski definition) is 2. The second-order valence-corrected chi connectivity index (χ2v) is 2.72. The third kappa shape index (κ3) is 4.48. The van der Waals surface area contributed by atoms with E-state index in [1.807, 2.05) is 6.92 Å². The first kappa shape index (κ1) is 10.1. The lowest BCUT2D eigenvalue weighted by Gasteiger charge is -2.03. The van der Waals surface area contributed by atoms with Gasteiger partial charge >= 0.3 is 0 Å². The van der Waals surface area contributed by atoms with E-state index in [0.717, 1.165) is 0 Å². The van der Waals surface area contributed by atoms with Crippen molar-refractivity contribution in [2.24, 2.45) is 5.92 Å². The van der Waals surface area contributed by atoms with Crippen molar-refractivity contribution < 1.29 is 9.59 Å². The van der Waals surface area contributed by atoms with Crippen LogP contribution in [0.2, 0.25) is 0 Å². The van der Waals surface area contributed by atoms with Crippen LogP contribution in [0.4, 0.5) is 0 Å². The number of allylic oxidation sites excluding steroid dienone is 1. The van der Waals surface area contributed by atoms with Crippen LogP contribution in [0.3, 0.4) is 0 Å². The molecule has 0 bridgehead atoms. The fourth-order valence-corrected chi connectivity index (χ4v) is 0.664. The van der Waals surface area contributed by atoms with E-state index in [2.05, 4.69) is 6.58 Å². The summed E-state index contributed by atoms with van der Waals surface area (Å²) in [6, 6.07) is 0. The molecule has 0 heterocycles. The van der Waals surface area contributed by atoms with Crippen LogP contribution in [0.5, 0.6) is 0 Å². The molecule has 0 amide bonds. The minimum Gasteiger partial charge on any atom is -0.300 e. The summed E-state index contributed by atoms with van der Waals surface area (Å²) < 4.78 is 0. The molecule has 62 valence electrons. The van der Waals surface area contributed by atoms with E-state index in [9.17, 15) is 9.59 Å². The number of carbonyl (C=O) groups is 2. The van der Waals surface area contributed by atoms with Crippen LogP contribution in [0.1, 0.15) is 26.7 Å². The predicted molar refractivity (Wildman–Crippen MR) is 44.3 cm³/mol. The molecule has 0 aromatic heterocycles. The van der Waals surface area contributed by atoms with Crippen LogP contribution in [0.25, 0.3) is 0 Å². The predicted octanol–water partition coefficient (Wildman–Crippen LogP) is 1.75. The van der Waals surface area contributed by atoms with Gasteiger partial charge in [0.1, 0.15) is 5.78 Å². The quantitative estimate of drug-likeness (QED) is 0.565. The summed E-state index contributed by atoms with van der Waals surface area (Å²) in [5, 5.41) is 0. The van der Waals surface area contributed by atoms with E-state index in [4.69, 9.17) is 0 Å². The molecule has 0 aromatic carbocycles. The first-order valence-electron chi connectivity index (χ1n) is 3.73. The molecule has 0 aromatic rings. The third-order valence-electron chi connectivity index (χ3n) is 1.75. The standard InChI is InChI=1S/C9H14O2/c1-4-9(11)6-5-7(2)8(3)10/h4,7H,1,5-6H2,2-3H3. The van der Waals surface area contributed by atoms with Gasteiger partial charge in [0.05, 0.1) is 0 Å². The lowest BCUT2D eigenvalue weighted by Crippen LogP contribution is -2.07. The van der Waals surface area contributed by atoms with E-state index in [-0.39, 0.29) is 17.5 Å². The van der Waals surface area contributed by atoms with E-state index in [0.29, 0.717) is 12.8 Å². The molecule has 0 saturated carbocycles. The lowest BCUT2D eigenvalue weighted by atomic mass is 10.0. The zero-order valence-electron chi connectivity index (χ0n) is 7.09. The Morgan fingerprint density at radius 2 is 2.09 bits per heavy atom. The highest BCUT2D eigenvalue weighted by atomic mass is 16.1. The molecule has 0 saturated heterocycles. The molecule has 0 aliphatic carbocycles. The van der Waals surface area contributed by atoms with Gasteiger partial charge in [0.25, 0.3) is 0 Å². The van der Waals surface area contributed by atoms with Crippen molar-refractivity contribution >= 4 is 11.6 Å². The Morgan fingerprint density at radius 3 is 2.45 bits per heavy atom. The van der Waals surface area contributed by atoms with Crippen LogP contribution in [-0.4, -0.2) is 11.6 Å². The van der Waals surface area contributed by atoms with Gasteiger partial charge in [-0.1, -0.05) is 13.5 Å². The summed E-state index contributed by atoms with van der Waals surface area (Å²) in [7, 11) is 0. The molecule has 0 spiro atoms. The molecular weight excluding hydrogens is 140 g/mol. The Hall–Kier alpha value is -0.920. The highest BCUT2D eigenvalue weighted by Gasteiger charge is 2.08. The fraction of sp³-hybridized carbons (Fsp3) is 0.556. The van der Waals surface area contributed by atoms with Gasteiger partial charge in [-0.25, -0.2) is 0 Å². The number of rotatable bonds is 5. The van der Waals surface area contributed by atoms with E-state index < -0.39 is 0 Å². The normalized spacial score (nSPS) is 12.2. The first-order chi connectivity index (χ1) is 5.07. The molecule has 0 rings (SSSR count). The van der Waals surface area contributed by atoms with Crippen LogP contribution in [0.15, 0.2) is 12.7 Å². The Balaban J connectivity index is 3.62. The van der Waals surface area contributed by atoms with E-state index in [1.165, 1.54) is 6.08 Å². The molecule has 1 unspecified atom stereocenters. The van der Waals surface area contributed by atoms with Gasteiger partial charge in [0.15, 0.2) is 5.78 Å². The summed E-state index contributed by atoms with van der Waals surface area (Å²) in [4.78, 5) is 21.4. The molecule has 11 heavy (non-hydrogen) atoms. The van der Waals surface area contributed by atoms with Gasteiger partial charge in [-0.05, 0) is 19.4 Å². The van der Waals surface area contributed by atoms with Crippen LogP contribution in [0, 0.1) is 5.92 Å². The van der Waals surface area contributed by atoms with Gasteiger partial charge in [-0.15, -0.1) is 0 Å². The van der Waals surface area contributed by atoms with Crippen molar-refractivity contribution in [3.8, 4) is 0 Å². The second-order valence-electron chi connectivity index (χ2n) is 2.72. The van der Waals surface area contributed by atoms with Gasteiger partial charge in [-0.3, -0.25) is 9.59 Å².